The fourth-order valence-corrected chi connectivity index (χ4v) is 34.1. The van der Waals surface area contributed by atoms with Crippen molar-refractivity contribution in [3.63, 3.8) is 0 Å². The van der Waals surface area contributed by atoms with Crippen LogP contribution in [0.25, 0.3) is 22.1 Å². The first-order chi connectivity index (χ1) is 38.2. The Hall–Kier alpha value is -3.12. The zero-order valence-electron chi connectivity index (χ0n) is 51.6. The number of carbonyl (C=O) groups excluding carboxylic acids is 1. The molecule has 1 N–H and O–H groups in total. The third-order valence-corrected chi connectivity index (χ3v) is 36.5. The van der Waals surface area contributed by atoms with Gasteiger partial charge >= 0.3 is 0 Å². The summed E-state index contributed by atoms with van der Waals surface area (Å²) in [5, 5.41) is 14.4. The van der Waals surface area contributed by atoms with Crippen molar-refractivity contribution in [2.45, 2.75) is 249 Å². The first-order valence-electron chi connectivity index (χ1n) is 32.1. The summed E-state index contributed by atoms with van der Waals surface area (Å²) in [6.07, 6.45) is 25.3. The Morgan fingerprint density at radius 3 is 1.43 bits per heavy atom. The Morgan fingerprint density at radius 1 is 0.588 bits per heavy atom. The molecule has 442 valence electrons. The van der Waals surface area contributed by atoms with Crippen molar-refractivity contribution in [1.29, 1.82) is 0 Å². The van der Waals surface area contributed by atoms with Gasteiger partial charge in [-0.3, -0.25) is 4.79 Å². The topological polar surface area (TPSA) is 128 Å². The number of fused-ring (bicyclic) bond motifs is 2. The molecule has 80 heavy (non-hydrogen) atoms. The Kier molecular flexibility index (Phi) is 16.6. The van der Waals surface area contributed by atoms with Gasteiger partial charge in [0.2, 0.25) is 0 Å². The molecule has 2 saturated heterocycles. The predicted octanol–water partition coefficient (Wildman–Crippen LogP) is 15.8. The zero-order valence-corrected chi connectivity index (χ0v) is 53.6. The highest BCUT2D eigenvalue weighted by Gasteiger charge is 2.61. The third-order valence-electron chi connectivity index (χ3n) is 23.0. The lowest BCUT2D eigenvalue weighted by Gasteiger charge is -2.61. The van der Waals surface area contributed by atoms with E-state index in [0.29, 0.717) is 74.5 Å². The summed E-state index contributed by atoms with van der Waals surface area (Å²) in [6.45, 7) is 30.2. The number of hydrogen-bond acceptors (Lipinski definition) is 10. The van der Waals surface area contributed by atoms with E-state index < -0.39 is 22.6 Å². The highest BCUT2D eigenvalue weighted by Crippen LogP contribution is 2.64. The molecule has 7 unspecified atom stereocenters. The number of methoxy groups -OCH3 is 2. The van der Waals surface area contributed by atoms with Gasteiger partial charge in [-0.25, -0.2) is 9.97 Å². The maximum atomic E-state index is 14.7. The third kappa shape index (κ3) is 9.74. The Morgan fingerprint density at radius 2 is 1.00 bits per heavy atom. The second-order valence-electron chi connectivity index (χ2n) is 29.0. The molecule has 8 bridgehead atoms. The number of aliphatic hydroxyl groups excluding tert-OH is 1. The molecule has 0 radical (unpaired) electrons. The second kappa shape index (κ2) is 22.7. The van der Waals surface area contributed by atoms with Crippen LogP contribution in [0.3, 0.4) is 0 Å². The van der Waals surface area contributed by atoms with Gasteiger partial charge in [0.15, 0.2) is 34.8 Å². The van der Waals surface area contributed by atoms with Crippen LogP contribution in [0.4, 0.5) is 0 Å². The first kappa shape index (κ1) is 58.6. The molecule has 4 aromatic rings. The van der Waals surface area contributed by atoms with Gasteiger partial charge in [0.25, 0.3) is 0 Å². The van der Waals surface area contributed by atoms with Crippen molar-refractivity contribution in [2.24, 2.45) is 47.3 Å². The van der Waals surface area contributed by atoms with Crippen LogP contribution in [0.15, 0.2) is 36.9 Å². The molecule has 14 heteroatoms. The van der Waals surface area contributed by atoms with Crippen LogP contribution in [0.5, 0.6) is 11.5 Å². The molecule has 0 amide bonds. The Balaban J connectivity index is 0.000000169. The summed E-state index contributed by atoms with van der Waals surface area (Å²) in [6, 6.07) is 4.38. The number of aliphatic hydroxyl groups is 1. The summed E-state index contributed by atoms with van der Waals surface area (Å²) in [7, 11) is -0.626. The maximum Gasteiger partial charge on any atom is 0.171 e. The lowest BCUT2D eigenvalue weighted by Crippen LogP contribution is -2.58. The van der Waals surface area contributed by atoms with Crippen LogP contribution in [-0.4, -0.2) is 97.0 Å². The number of aromatic nitrogens is 4. The van der Waals surface area contributed by atoms with Crippen LogP contribution in [0.1, 0.15) is 208 Å². The van der Waals surface area contributed by atoms with E-state index in [1.165, 1.54) is 32.1 Å². The van der Waals surface area contributed by atoms with E-state index in [0.717, 1.165) is 123 Å². The molecule has 7 atom stereocenters. The highest BCUT2D eigenvalue weighted by atomic mass is 28.3. The van der Waals surface area contributed by atoms with Crippen molar-refractivity contribution < 1.29 is 38.3 Å². The van der Waals surface area contributed by atoms with Crippen LogP contribution < -0.4 is 9.47 Å². The summed E-state index contributed by atoms with van der Waals surface area (Å²) in [5.74, 6) is 4.92. The largest absolute Gasteiger partial charge is 0.495 e. The van der Waals surface area contributed by atoms with Gasteiger partial charge in [0.1, 0.15) is 22.8 Å². The number of carbonyl (C=O) groups is 1. The standard InChI is InChI=1S/C33H52N2O4Si.C33H50N2O4Si/c2*1-20(2)40(21(3)4,22(5)6)35-12-11-26-30(27(37-7)19-34-32(26)35)31(36)29-24-14-23-15-25(29)18-33(16-23,17-24)39-28-10-8-9-13-38-28/h11-12,19-25,28-29,31,36H,8-10,13-18H2,1-7H3;11-12,19-25,28-29H,8-10,13-18H2,1-7H3. The molecule has 12 nitrogen and oxygen atoms in total. The average Bonchev–Trinajstić information content (AvgIpc) is 4.09. The van der Waals surface area contributed by atoms with Gasteiger partial charge in [0, 0.05) is 35.5 Å². The minimum absolute atomic E-state index is 0.0331. The molecule has 4 aromatic heterocycles. The molecule has 6 heterocycles. The van der Waals surface area contributed by atoms with Gasteiger partial charge in [0.05, 0.1) is 49.5 Å². The number of ether oxygens (including phenoxy) is 6. The lowest BCUT2D eigenvalue weighted by molar-refractivity contribution is -0.277. The lowest BCUT2D eigenvalue weighted by atomic mass is 9.48. The maximum absolute atomic E-state index is 14.7. The smallest absolute Gasteiger partial charge is 0.171 e. The minimum Gasteiger partial charge on any atom is -0.495 e. The van der Waals surface area contributed by atoms with Crippen LogP contribution in [0.2, 0.25) is 33.2 Å². The molecule has 8 aliphatic carbocycles. The minimum atomic E-state index is -2.02. The molecule has 0 aromatic carbocycles. The summed E-state index contributed by atoms with van der Waals surface area (Å²) >= 11 is 0. The normalized spacial score (nSPS) is 32.6. The molecule has 14 rings (SSSR count). The molecule has 0 spiro atoms. The number of nitrogens with zero attached hydrogens (tertiary/aromatic N) is 4. The predicted molar refractivity (Wildman–Crippen MR) is 324 cm³/mol. The second-order valence-corrected chi connectivity index (χ2v) is 40.5. The fourth-order valence-electron chi connectivity index (χ4n) is 21.0. The summed E-state index contributed by atoms with van der Waals surface area (Å²) in [5.41, 5.74) is 6.85. The molecule has 10 fully saturated rings. The SMILES string of the molecule is COc1cnc2c(ccn2[Si](C(C)C)(C(C)C)C(C)C)c1C(=O)C1C2CC3CC1CC(OC1CCCCO1)(C3)C2.COc1cnc2c(ccn2[Si](C(C)C)(C(C)C)C(C)C)c1C(O)C1C2CC3CC1CC(OC1CCCCO1)(C3)C2. The molecular weight excluding hydrogens is 1030 g/mol. The van der Waals surface area contributed by atoms with E-state index in [4.69, 9.17) is 38.4 Å². The Bertz CT molecular complexity index is 2750. The van der Waals surface area contributed by atoms with Gasteiger partial charge in [-0.1, -0.05) is 83.1 Å². The van der Waals surface area contributed by atoms with Gasteiger partial charge < -0.3 is 42.0 Å². The highest BCUT2D eigenvalue weighted by molar-refractivity contribution is 6.83. The van der Waals surface area contributed by atoms with Crippen molar-refractivity contribution in [3.8, 4) is 11.5 Å². The van der Waals surface area contributed by atoms with E-state index in [1.807, 2.05) is 12.4 Å². The number of ketones is 1. The Labute approximate surface area is 482 Å². The zero-order chi connectivity index (χ0) is 56.8. The van der Waals surface area contributed by atoms with Gasteiger partial charge in [-0.15, -0.1) is 0 Å². The number of hydrogen-bond donors (Lipinski definition) is 1. The van der Waals surface area contributed by atoms with E-state index in [2.05, 4.69) is 116 Å². The molecule has 2 aliphatic heterocycles. The van der Waals surface area contributed by atoms with Crippen molar-refractivity contribution in [2.75, 3.05) is 27.4 Å². The average molecular weight is 1140 g/mol. The monoisotopic (exact) mass is 1130 g/mol. The van der Waals surface area contributed by atoms with Gasteiger partial charge in [-0.2, -0.15) is 0 Å². The van der Waals surface area contributed by atoms with Crippen LogP contribution >= 0.6 is 0 Å². The summed E-state index contributed by atoms with van der Waals surface area (Å²) in [4.78, 5) is 24.7. The number of Topliss-reactive ketones (excluding diaryl/α,β-unsaturated/α-hetero) is 1. The van der Waals surface area contributed by atoms with Gasteiger partial charge in [-0.05, 0) is 202 Å². The van der Waals surface area contributed by atoms with E-state index in [-0.39, 0.29) is 41.4 Å². The van der Waals surface area contributed by atoms with E-state index >= 15 is 0 Å². The van der Waals surface area contributed by atoms with E-state index in [9.17, 15) is 9.90 Å². The molecule has 10 aliphatic rings. The van der Waals surface area contributed by atoms with Crippen LogP contribution in [-0.2, 0) is 18.9 Å². The number of rotatable bonds is 18. The summed E-state index contributed by atoms with van der Waals surface area (Å²) < 4.78 is 42.5. The van der Waals surface area contributed by atoms with E-state index in [1.54, 1.807) is 14.2 Å². The van der Waals surface area contributed by atoms with Crippen molar-refractivity contribution >= 4 is 44.3 Å². The molecular formula is C66H102N4O8Si2. The quantitative estimate of drug-likeness (QED) is 0.0760. The van der Waals surface area contributed by atoms with Crippen molar-refractivity contribution in [1.82, 2.24) is 18.4 Å². The van der Waals surface area contributed by atoms with Crippen molar-refractivity contribution in [3.05, 3.63) is 48.0 Å². The fraction of sp³-hybridized carbons (Fsp3) is 0.773. The van der Waals surface area contributed by atoms with Crippen LogP contribution in [0, 0.1) is 47.3 Å². The first-order valence-corrected chi connectivity index (χ1v) is 36.5. The molecule has 8 saturated carbocycles. The number of pyridine rings is 2.